The molecule has 2 aliphatic carbocycles. The lowest BCUT2D eigenvalue weighted by molar-refractivity contribution is -0.128. The van der Waals surface area contributed by atoms with Crippen molar-refractivity contribution < 1.29 is 9.53 Å². The fourth-order valence-electron chi connectivity index (χ4n) is 4.64. The van der Waals surface area contributed by atoms with E-state index < -0.39 is 5.41 Å². The Labute approximate surface area is 157 Å². The van der Waals surface area contributed by atoms with Crippen LogP contribution in [0.15, 0.2) is 24.3 Å². The van der Waals surface area contributed by atoms with Crippen molar-refractivity contribution in [3.05, 3.63) is 29.8 Å². The van der Waals surface area contributed by atoms with Crippen LogP contribution < -0.4 is 15.8 Å². The number of carbonyl (C=O) groups is 1. The molecule has 2 atom stereocenters. The summed E-state index contributed by atoms with van der Waals surface area (Å²) < 4.78 is 5.46. The van der Waals surface area contributed by atoms with E-state index in [-0.39, 0.29) is 24.4 Å². The largest absolute Gasteiger partial charge is 0.496 e. The molecular formula is C20H31ClN2O2. The third-order valence-corrected chi connectivity index (χ3v) is 6.02. The van der Waals surface area contributed by atoms with Crippen LogP contribution in [0, 0.1) is 11.8 Å². The van der Waals surface area contributed by atoms with Crippen LogP contribution in [0.4, 0.5) is 0 Å². The van der Waals surface area contributed by atoms with Gasteiger partial charge in [0.1, 0.15) is 5.75 Å². The van der Waals surface area contributed by atoms with Crippen LogP contribution in [-0.4, -0.2) is 25.1 Å². The van der Waals surface area contributed by atoms with Crippen LogP contribution in [0.25, 0.3) is 0 Å². The number of benzene rings is 1. The van der Waals surface area contributed by atoms with Crippen LogP contribution in [-0.2, 0) is 10.2 Å². The van der Waals surface area contributed by atoms with Gasteiger partial charge in [0.2, 0.25) is 5.91 Å². The molecule has 2 bridgehead atoms. The van der Waals surface area contributed by atoms with E-state index in [1.54, 1.807) is 7.11 Å². The first-order valence-corrected chi connectivity index (χ1v) is 9.13. The number of halogens is 1. The minimum absolute atomic E-state index is 0. The molecule has 0 aliphatic heterocycles. The van der Waals surface area contributed by atoms with Gasteiger partial charge in [0.05, 0.1) is 12.5 Å². The Bertz CT molecular complexity index is 591. The summed E-state index contributed by atoms with van der Waals surface area (Å²) in [6.07, 6.45) is 5.71. The second kappa shape index (κ2) is 7.96. The quantitative estimate of drug-likeness (QED) is 0.858. The second-order valence-electron chi connectivity index (χ2n) is 8.01. The van der Waals surface area contributed by atoms with Gasteiger partial charge in [-0.15, -0.1) is 12.4 Å². The number of methoxy groups -OCH3 is 1. The van der Waals surface area contributed by atoms with Crippen LogP contribution in [0.5, 0.6) is 5.75 Å². The molecule has 0 radical (unpaired) electrons. The minimum Gasteiger partial charge on any atom is -0.496 e. The van der Waals surface area contributed by atoms with E-state index in [4.69, 9.17) is 10.5 Å². The fraction of sp³-hybridized carbons (Fsp3) is 0.650. The standard InChI is InChI=1S/C20H30N2O2.ClH/c1-20(2,16-9-4-5-10-17(16)24-3)19(23)22-18-13-7-6-8-14(18)12-15(21)11-13;/h4-5,9-10,13-15,18H,6-8,11-12,21H2,1-3H3,(H,22,23);1H. The van der Waals surface area contributed by atoms with Gasteiger partial charge in [-0.2, -0.15) is 0 Å². The molecule has 0 saturated heterocycles. The van der Waals surface area contributed by atoms with E-state index in [1.807, 2.05) is 38.1 Å². The highest BCUT2D eigenvalue weighted by Gasteiger charge is 2.42. The third kappa shape index (κ3) is 3.95. The third-order valence-electron chi connectivity index (χ3n) is 6.02. The average molecular weight is 367 g/mol. The summed E-state index contributed by atoms with van der Waals surface area (Å²) in [5, 5.41) is 3.38. The number of hydrogen-bond donors (Lipinski definition) is 2. The first-order chi connectivity index (χ1) is 11.4. The highest BCUT2D eigenvalue weighted by Crippen LogP contribution is 2.40. The molecule has 25 heavy (non-hydrogen) atoms. The molecule has 2 aliphatic rings. The zero-order chi connectivity index (χ0) is 17.3. The van der Waals surface area contributed by atoms with E-state index in [0.717, 1.165) is 24.2 Å². The van der Waals surface area contributed by atoms with E-state index in [0.29, 0.717) is 17.9 Å². The molecule has 140 valence electrons. The zero-order valence-electron chi connectivity index (χ0n) is 15.5. The number of rotatable bonds is 4. The van der Waals surface area contributed by atoms with Gasteiger partial charge in [0, 0.05) is 17.6 Å². The molecule has 3 rings (SSSR count). The second-order valence-corrected chi connectivity index (χ2v) is 8.01. The predicted octanol–water partition coefficient (Wildman–Crippen LogP) is 3.42. The Kier molecular flexibility index (Phi) is 6.39. The van der Waals surface area contributed by atoms with Gasteiger partial charge in [0.25, 0.3) is 0 Å². The number of fused-ring (bicyclic) bond motifs is 2. The molecule has 1 amide bonds. The average Bonchev–Trinajstić information content (AvgIpc) is 2.55. The molecule has 0 heterocycles. The van der Waals surface area contributed by atoms with Gasteiger partial charge >= 0.3 is 0 Å². The predicted molar refractivity (Wildman–Crippen MR) is 103 cm³/mol. The maximum Gasteiger partial charge on any atom is 0.230 e. The van der Waals surface area contributed by atoms with Gasteiger partial charge in [-0.05, 0) is 57.4 Å². The van der Waals surface area contributed by atoms with Gasteiger partial charge in [-0.25, -0.2) is 0 Å². The van der Waals surface area contributed by atoms with Crippen molar-refractivity contribution in [2.75, 3.05) is 7.11 Å². The SMILES string of the molecule is COc1ccccc1C(C)(C)C(=O)NC1C2CCCC1CC(N)C2.Cl. The Morgan fingerprint density at radius 2 is 1.80 bits per heavy atom. The topological polar surface area (TPSA) is 64.3 Å². The summed E-state index contributed by atoms with van der Waals surface area (Å²) >= 11 is 0. The number of para-hydroxylation sites is 1. The van der Waals surface area contributed by atoms with Crippen molar-refractivity contribution in [1.82, 2.24) is 5.32 Å². The first kappa shape index (κ1) is 20.1. The molecule has 1 aromatic rings. The van der Waals surface area contributed by atoms with E-state index in [9.17, 15) is 4.79 Å². The normalized spacial score (nSPS) is 28.6. The van der Waals surface area contributed by atoms with E-state index in [1.165, 1.54) is 19.3 Å². The summed E-state index contributed by atoms with van der Waals surface area (Å²) in [6.45, 7) is 3.95. The van der Waals surface area contributed by atoms with Crippen molar-refractivity contribution in [1.29, 1.82) is 0 Å². The maximum absolute atomic E-state index is 13.1. The van der Waals surface area contributed by atoms with Crippen molar-refractivity contribution in [2.24, 2.45) is 17.6 Å². The van der Waals surface area contributed by atoms with Crippen LogP contribution in [0.1, 0.15) is 51.5 Å². The molecule has 2 fully saturated rings. The van der Waals surface area contributed by atoms with E-state index >= 15 is 0 Å². The zero-order valence-corrected chi connectivity index (χ0v) is 16.3. The highest BCUT2D eigenvalue weighted by molar-refractivity contribution is 5.88. The summed E-state index contributed by atoms with van der Waals surface area (Å²) in [7, 11) is 1.65. The summed E-state index contributed by atoms with van der Waals surface area (Å²) in [5.74, 6) is 1.92. The number of nitrogens with two attached hydrogens (primary N) is 1. The molecule has 2 saturated carbocycles. The monoisotopic (exact) mass is 366 g/mol. The van der Waals surface area contributed by atoms with Crippen molar-refractivity contribution in [3.8, 4) is 5.75 Å². The van der Waals surface area contributed by atoms with Crippen molar-refractivity contribution in [2.45, 2.75) is 63.5 Å². The minimum atomic E-state index is -0.625. The van der Waals surface area contributed by atoms with Crippen LogP contribution >= 0.6 is 12.4 Å². The van der Waals surface area contributed by atoms with Crippen LogP contribution in [0.3, 0.4) is 0 Å². The Morgan fingerprint density at radius 1 is 1.20 bits per heavy atom. The number of amides is 1. The lowest BCUT2D eigenvalue weighted by Gasteiger charge is -2.46. The fourth-order valence-corrected chi connectivity index (χ4v) is 4.64. The van der Waals surface area contributed by atoms with Crippen LogP contribution in [0.2, 0.25) is 0 Å². The van der Waals surface area contributed by atoms with E-state index in [2.05, 4.69) is 5.32 Å². The molecule has 3 N–H and O–H groups in total. The lowest BCUT2D eigenvalue weighted by Crippen LogP contribution is -2.56. The molecule has 2 unspecified atom stereocenters. The number of hydrogen-bond acceptors (Lipinski definition) is 3. The Hall–Kier alpha value is -1.26. The van der Waals surface area contributed by atoms with Gasteiger partial charge in [-0.3, -0.25) is 4.79 Å². The molecule has 1 aromatic carbocycles. The lowest BCUT2D eigenvalue weighted by atomic mass is 9.66. The molecule has 4 nitrogen and oxygen atoms in total. The van der Waals surface area contributed by atoms with Gasteiger partial charge < -0.3 is 15.8 Å². The molecule has 0 aromatic heterocycles. The highest BCUT2D eigenvalue weighted by atomic mass is 35.5. The molecule has 0 spiro atoms. The van der Waals surface area contributed by atoms with Crippen molar-refractivity contribution >= 4 is 18.3 Å². The summed E-state index contributed by atoms with van der Waals surface area (Å²) in [4.78, 5) is 13.1. The molecular weight excluding hydrogens is 336 g/mol. The number of nitrogens with one attached hydrogen (secondary N) is 1. The summed E-state index contributed by atoms with van der Waals surface area (Å²) in [5.41, 5.74) is 6.51. The van der Waals surface area contributed by atoms with Gasteiger partial charge in [-0.1, -0.05) is 24.6 Å². The number of carbonyl (C=O) groups excluding carboxylic acids is 1. The number of ether oxygens (including phenoxy) is 1. The Balaban J connectivity index is 0.00000225. The first-order valence-electron chi connectivity index (χ1n) is 9.13. The van der Waals surface area contributed by atoms with Gasteiger partial charge in [0.15, 0.2) is 0 Å². The molecule has 5 heteroatoms. The smallest absolute Gasteiger partial charge is 0.230 e. The maximum atomic E-state index is 13.1. The summed E-state index contributed by atoms with van der Waals surface area (Å²) in [6, 6.07) is 8.37. The Morgan fingerprint density at radius 3 is 2.40 bits per heavy atom. The van der Waals surface area contributed by atoms with Crippen molar-refractivity contribution in [3.63, 3.8) is 0 Å².